The molecule has 0 aliphatic carbocycles. The zero-order valence-electron chi connectivity index (χ0n) is 45.6. The lowest BCUT2D eigenvalue weighted by Crippen LogP contribution is -2.29. The molecule has 0 amide bonds. The van der Waals surface area contributed by atoms with Crippen LogP contribution in [0.5, 0.6) is 0 Å². The first kappa shape index (κ1) is 65.6. The molecule has 5 heteroatoms. The molecule has 0 heterocycles. The van der Waals surface area contributed by atoms with Crippen LogP contribution in [-0.2, 0) is 23.8 Å². The van der Waals surface area contributed by atoms with Crippen LogP contribution in [0.25, 0.3) is 0 Å². The molecule has 0 spiro atoms. The van der Waals surface area contributed by atoms with Crippen LogP contribution >= 0.6 is 0 Å². The number of esters is 2. The van der Waals surface area contributed by atoms with Crippen LogP contribution in [0.2, 0.25) is 0 Å². The maximum atomic E-state index is 12.8. The van der Waals surface area contributed by atoms with Crippen molar-refractivity contribution in [3.63, 3.8) is 0 Å². The van der Waals surface area contributed by atoms with E-state index in [0.29, 0.717) is 13.0 Å². The molecule has 0 bridgehead atoms. The number of rotatable bonds is 55. The maximum absolute atomic E-state index is 12.8. The lowest BCUT2D eigenvalue weighted by molar-refractivity contribution is -0.162. The Labute approximate surface area is 424 Å². The lowest BCUT2D eigenvalue weighted by Gasteiger charge is -2.18. The van der Waals surface area contributed by atoms with Crippen molar-refractivity contribution in [2.45, 2.75) is 309 Å². The minimum atomic E-state index is -0.588. The largest absolute Gasteiger partial charge is 0.462 e. The van der Waals surface area contributed by atoms with Crippen LogP contribution in [0.4, 0.5) is 0 Å². The number of unbranched alkanes of at least 4 members (excludes halogenated alkanes) is 35. The molecule has 5 nitrogen and oxygen atoms in total. The first-order valence-corrected chi connectivity index (χ1v) is 29.8. The van der Waals surface area contributed by atoms with Crippen LogP contribution < -0.4 is 0 Å². The van der Waals surface area contributed by atoms with Gasteiger partial charge in [0.1, 0.15) is 6.61 Å². The molecule has 0 saturated heterocycles. The second-order valence-corrected chi connectivity index (χ2v) is 19.9. The highest BCUT2D eigenvalue weighted by molar-refractivity contribution is 5.71. The number of allylic oxidation sites excluding steroid dienone is 9. The van der Waals surface area contributed by atoms with Gasteiger partial charge in [0.25, 0.3) is 0 Å². The summed E-state index contributed by atoms with van der Waals surface area (Å²) in [4.78, 5) is 25.5. The van der Waals surface area contributed by atoms with Gasteiger partial charge in [-0.25, -0.2) is 0 Å². The average molecular weight is 952 g/mol. The van der Waals surface area contributed by atoms with Gasteiger partial charge in [-0.3, -0.25) is 9.59 Å². The van der Waals surface area contributed by atoms with Gasteiger partial charge in [-0.2, -0.15) is 0 Å². The van der Waals surface area contributed by atoms with Crippen molar-refractivity contribution in [2.24, 2.45) is 0 Å². The summed E-state index contributed by atoms with van der Waals surface area (Å²) < 4.78 is 17.4. The Hall–Kier alpha value is -2.40. The van der Waals surface area contributed by atoms with Gasteiger partial charge in [-0.15, -0.1) is 0 Å². The molecule has 0 aromatic carbocycles. The number of hydrogen-bond donors (Lipinski definition) is 0. The standard InChI is InChI=1S/C63H114O5/c1-4-7-10-13-16-19-22-25-28-30-32-33-36-38-41-44-47-50-53-56-62(64)67-60-61(68-63(65)57-54-51-48-45-42-39-35-27-24-21-18-15-12-9-6-3)59-66-58-55-52-49-46-43-40-37-34-31-29-26-23-20-17-14-11-8-5-2/h9,12,18,21,27,35,42,45,51,54,61H,4-8,10-11,13-17,19-20,22-26,28-34,36-41,43-44,46-50,52-53,55-60H2,1-3H3/b12-9-,21-18-,35-27-,45-42-,54-51-. The van der Waals surface area contributed by atoms with Gasteiger partial charge in [-0.05, 0) is 44.9 Å². The third-order valence-electron chi connectivity index (χ3n) is 13.1. The van der Waals surface area contributed by atoms with Crippen molar-refractivity contribution in [2.75, 3.05) is 19.8 Å². The number of carbonyl (C=O) groups is 2. The minimum Gasteiger partial charge on any atom is -0.462 e. The lowest BCUT2D eigenvalue weighted by atomic mass is 10.0. The Morgan fingerprint density at radius 2 is 0.647 bits per heavy atom. The molecule has 0 aromatic heterocycles. The van der Waals surface area contributed by atoms with Gasteiger partial charge in [0.05, 0.1) is 13.0 Å². The topological polar surface area (TPSA) is 61.8 Å². The summed E-state index contributed by atoms with van der Waals surface area (Å²) in [6, 6.07) is 0. The molecule has 0 saturated carbocycles. The fourth-order valence-corrected chi connectivity index (χ4v) is 8.71. The van der Waals surface area contributed by atoms with Gasteiger partial charge in [0, 0.05) is 13.0 Å². The number of hydrogen-bond acceptors (Lipinski definition) is 5. The minimum absolute atomic E-state index is 0.0501. The summed E-state index contributed by atoms with van der Waals surface area (Å²) in [7, 11) is 0. The third kappa shape index (κ3) is 56.2. The van der Waals surface area contributed by atoms with Crippen molar-refractivity contribution in [1.29, 1.82) is 0 Å². The van der Waals surface area contributed by atoms with E-state index in [0.717, 1.165) is 57.8 Å². The molecule has 0 radical (unpaired) electrons. The maximum Gasteiger partial charge on any atom is 0.310 e. The van der Waals surface area contributed by atoms with Gasteiger partial charge >= 0.3 is 11.9 Å². The van der Waals surface area contributed by atoms with E-state index in [-0.39, 0.29) is 31.6 Å². The van der Waals surface area contributed by atoms with Crippen LogP contribution in [0.1, 0.15) is 303 Å². The Balaban J connectivity index is 4.30. The summed E-state index contributed by atoms with van der Waals surface area (Å²) in [6.45, 7) is 7.67. The van der Waals surface area contributed by atoms with E-state index in [1.54, 1.807) is 0 Å². The van der Waals surface area contributed by atoms with Crippen molar-refractivity contribution >= 4 is 11.9 Å². The van der Waals surface area contributed by atoms with Crippen LogP contribution in [0.15, 0.2) is 60.8 Å². The molecule has 1 atom stereocenters. The normalized spacial score (nSPS) is 12.6. The average Bonchev–Trinajstić information content (AvgIpc) is 3.34. The van der Waals surface area contributed by atoms with Crippen molar-refractivity contribution < 1.29 is 23.8 Å². The second kappa shape index (κ2) is 58.9. The Bertz CT molecular complexity index is 1170. The SMILES string of the molecule is CC/C=C\C/C=C\C/C=C\C/C=C\C/C=C\CC(=O)OC(COCCCCCCCCCCCCCCCCCCCC)COC(=O)CCCCCCCCCCCCCCCCCCCCC. The molecule has 0 fully saturated rings. The fraction of sp³-hybridized carbons (Fsp3) is 0.810. The molecule has 396 valence electrons. The fourth-order valence-electron chi connectivity index (χ4n) is 8.71. The highest BCUT2D eigenvalue weighted by Gasteiger charge is 2.17. The predicted molar refractivity (Wildman–Crippen MR) is 298 cm³/mol. The van der Waals surface area contributed by atoms with Gasteiger partial charge < -0.3 is 14.2 Å². The second-order valence-electron chi connectivity index (χ2n) is 19.9. The Kier molecular flexibility index (Phi) is 56.8. The summed E-state index contributed by atoms with van der Waals surface area (Å²) in [5.41, 5.74) is 0. The van der Waals surface area contributed by atoms with Crippen LogP contribution in [-0.4, -0.2) is 37.9 Å². The molecule has 0 rings (SSSR count). The number of ether oxygens (including phenoxy) is 3. The molecular weight excluding hydrogens is 837 g/mol. The molecular formula is C63H114O5. The first-order chi connectivity index (χ1) is 33.6. The molecule has 1 unspecified atom stereocenters. The Morgan fingerprint density at radius 1 is 0.338 bits per heavy atom. The van der Waals surface area contributed by atoms with Gasteiger partial charge in [-0.1, -0.05) is 306 Å². The van der Waals surface area contributed by atoms with Crippen LogP contribution in [0, 0.1) is 0 Å². The zero-order chi connectivity index (χ0) is 49.2. The van der Waals surface area contributed by atoms with E-state index < -0.39 is 6.10 Å². The quantitative estimate of drug-likeness (QED) is 0.0345. The molecule has 0 aliphatic rings. The Morgan fingerprint density at radius 3 is 1.00 bits per heavy atom. The van der Waals surface area contributed by atoms with E-state index in [9.17, 15) is 9.59 Å². The highest BCUT2D eigenvalue weighted by Crippen LogP contribution is 2.17. The predicted octanol–water partition coefficient (Wildman–Crippen LogP) is 20.5. The van der Waals surface area contributed by atoms with E-state index in [2.05, 4.69) is 69.4 Å². The highest BCUT2D eigenvalue weighted by atomic mass is 16.6. The van der Waals surface area contributed by atoms with Crippen molar-refractivity contribution in [1.82, 2.24) is 0 Å². The first-order valence-electron chi connectivity index (χ1n) is 29.8. The van der Waals surface area contributed by atoms with Crippen molar-refractivity contribution in [3.8, 4) is 0 Å². The summed E-state index contributed by atoms with van der Waals surface area (Å²) in [5, 5.41) is 0. The molecule has 0 N–H and O–H groups in total. The number of carbonyl (C=O) groups excluding carboxylic acids is 2. The van der Waals surface area contributed by atoms with E-state index >= 15 is 0 Å². The van der Waals surface area contributed by atoms with E-state index in [1.807, 2.05) is 12.2 Å². The smallest absolute Gasteiger partial charge is 0.310 e. The molecule has 0 aliphatic heterocycles. The monoisotopic (exact) mass is 951 g/mol. The zero-order valence-corrected chi connectivity index (χ0v) is 45.6. The van der Waals surface area contributed by atoms with Gasteiger partial charge in [0.15, 0.2) is 6.10 Å². The van der Waals surface area contributed by atoms with Gasteiger partial charge in [0.2, 0.25) is 0 Å². The molecule has 68 heavy (non-hydrogen) atoms. The third-order valence-corrected chi connectivity index (χ3v) is 13.1. The van der Waals surface area contributed by atoms with Crippen LogP contribution in [0.3, 0.4) is 0 Å². The molecule has 0 aromatic rings. The summed E-state index contributed by atoms with van der Waals surface area (Å²) in [5.74, 6) is -0.526. The summed E-state index contributed by atoms with van der Waals surface area (Å²) >= 11 is 0. The summed E-state index contributed by atoms with van der Waals surface area (Å²) in [6.07, 6.45) is 75.7. The van der Waals surface area contributed by atoms with E-state index in [4.69, 9.17) is 14.2 Å². The van der Waals surface area contributed by atoms with Crippen molar-refractivity contribution in [3.05, 3.63) is 60.8 Å². The van der Waals surface area contributed by atoms with E-state index in [1.165, 1.54) is 212 Å².